The molecule has 4 aromatic rings. The number of hydrogen-bond acceptors (Lipinski definition) is 16. The highest BCUT2D eigenvalue weighted by Gasteiger charge is 2.25. The van der Waals surface area contributed by atoms with Crippen LogP contribution in [0.25, 0.3) is 0 Å². The number of carbonyl (C=O) groups is 1. The molecule has 0 spiro atoms. The summed E-state index contributed by atoms with van der Waals surface area (Å²) in [7, 11) is 1.67. The fourth-order valence-electron chi connectivity index (χ4n) is 6.63. The van der Waals surface area contributed by atoms with Gasteiger partial charge in [-0.15, -0.1) is 0 Å². The lowest BCUT2D eigenvalue weighted by Crippen LogP contribution is -2.16. The van der Waals surface area contributed by atoms with Crippen molar-refractivity contribution in [2.24, 2.45) is 0 Å². The van der Waals surface area contributed by atoms with Gasteiger partial charge in [0.1, 0.15) is 6.29 Å². The lowest BCUT2D eigenvalue weighted by atomic mass is 10.2. The van der Waals surface area contributed by atoms with Crippen molar-refractivity contribution in [1.82, 2.24) is 0 Å². The molecule has 0 aromatic heterocycles. The fourth-order valence-corrected chi connectivity index (χ4v) is 6.63. The predicted octanol–water partition coefficient (Wildman–Crippen LogP) is 12.1. The van der Waals surface area contributed by atoms with Crippen molar-refractivity contribution in [2.45, 2.75) is 141 Å². The van der Waals surface area contributed by atoms with Crippen LogP contribution in [-0.4, -0.2) is 104 Å². The van der Waals surface area contributed by atoms with Gasteiger partial charge in [0.15, 0.2) is 77.4 Å². The van der Waals surface area contributed by atoms with Crippen LogP contribution in [0.15, 0.2) is 72.8 Å². The summed E-state index contributed by atoms with van der Waals surface area (Å²) in [5, 5.41) is 0. The Morgan fingerprint density at radius 1 is 0.514 bits per heavy atom. The van der Waals surface area contributed by atoms with Gasteiger partial charge in [0.2, 0.25) is 0 Å². The van der Waals surface area contributed by atoms with Crippen LogP contribution in [0.4, 0.5) is 0 Å². The van der Waals surface area contributed by atoms with Crippen LogP contribution >= 0.6 is 0 Å². The third-order valence-electron chi connectivity index (χ3n) is 9.58. The minimum atomic E-state index is -0.346. The van der Waals surface area contributed by atoms with E-state index < -0.39 is 0 Å². The minimum Gasteiger partial charge on any atom is -0.490 e. The molecule has 404 valence electrons. The summed E-state index contributed by atoms with van der Waals surface area (Å²) >= 11 is 0. The van der Waals surface area contributed by atoms with Crippen molar-refractivity contribution in [3.8, 4) is 46.0 Å². The molecular weight excluding hydrogens is 929 g/mol. The highest BCUT2D eigenvalue weighted by molar-refractivity contribution is 5.76. The Morgan fingerprint density at radius 2 is 0.917 bits per heavy atom. The molecule has 0 bridgehead atoms. The van der Waals surface area contributed by atoms with Crippen LogP contribution in [0, 0.1) is 6.92 Å². The van der Waals surface area contributed by atoms with Crippen LogP contribution in [0.2, 0.25) is 0 Å². The zero-order valence-electron chi connectivity index (χ0n) is 45.6. The second-order valence-corrected chi connectivity index (χ2v) is 15.6. The smallest absolute Gasteiger partial charge is 0.197 e. The van der Waals surface area contributed by atoms with E-state index in [1.807, 2.05) is 152 Å². The number of ether oxygens (including phenoxy) is 15. The Morgan fingerprint density at radius 3 is 1.32 bits per heavy atom. The van der Waals surface area contributed by atoms with E-state index in [0.717, 1.165) is 40.2 Å². The number of aryl methyl sites for hydroxylation is 1. The first-order valence-electron chi connectivity index (χ1n) is 25.1. The van der Waals surface area contributed by atoms with E-state index in [1.54, 1.807) is 25.3 Å². The average Bonchev–Trinajstić information content (AvgIpc) is 3.79. The topological polar surface area (TPSA) is 156 Å². The number of aldehydes is 1. The molecule has 1 aliphatic heterocycles. The van der Waals surface area contributed by atoms with Crippen LogP contribution in [0.5, 0.6) is 46.0 Å². The summed E-state index contributed by atoms with van der Waals surface area (Å²) in [6.07, 6.45) is -0.662. The monoisotopic (exact) mass is 1010 g/mol. The second kappa shape index (κ2) is 36.6. The van der Waals surface area contributed by atoms with Gasteiger partial charge in [-0.25, -0.2) is 0 Å². The number of methoxy groups -OCH3 is 1. The maximum atomic E-state index is 10.7. The molecule has 0 N–H and O–H groups in total. The van der Waals surface area contributed by atoms with E-state index in [-0.39, 0.29) is 37.6 Å². The van der Waals surface area contributed by atoms with Crippen molar-refractivity contribution >= 4 is 6.29 Å². The van der Waals surface area contributed by atoms with Crippen molar-refractivity contribution < 1.29 is 75.8 Å². The van der Waals surface area contributed by atoms with Gasteiger partial charge in [-0.2, -0.15) is 0 Å². The maximum absolute atomic E-state index is 10.7. The standard InChI is InChI=1S/C16H24O5.C14H22O4.C13H18O4.C13H20O3/c1-5-17-12(4)21-14-8-7-13(9-15(14)18-6-2)16-19-10-11(3)20-16;1-5-16-11(3)18-13-8-7-12(10-15-4)9-14(13)17-6-2;1-4-15-10(3)17-12-7-6-11(9-14)8-13(12)16-5-2;1-5-14-11(4)16-12-8-7-10(3)9-13(12)15-6-2/h7-9,11-12,16H,5-6,10H2,1-4H3;7-9,11H,5-6,10H2,1-4H3;6-10H,4-5H2,1-3H3;7-9,11H,5-6H2,1-4H3. The van der Waals surface area contributed by atoms with E-state index in [4.69, 9.17) is 71.1 Å². The normalized spacial score (nSPS) is 15.3. The summed E-state index contributed by atoms with van der Waals surface area (Å²) in [5.74, 6) is 5.39. The van der Waals surface area contributed by atoms with Gasteiger partial charge in [0.05, 0.1) is 45.7 Å². The lowest BCUT2D eigenvalue weighted by Gasteiger charge is -2.19. The molecule has 0 amide bonds. The highest BCUT2D eigenvalue weighted by atomic mass is 16.7. The molecule has 0 aliphatic carbocycles. The maximum Gasteiger partial charge on any atom is 0.197 e. The SMILES string of the molecule is CCOc1cc(C)ccc1OC(C)OCC.CCOc1cc(C2OCC(C)O2)ccc1OC(C)OCC.CCOc1cc(C=O)ccc1OC(C)OCC.CCOc1cc(COC)ccc1OC(C)OCC. The molecule has 1 saturated heterocycles. The fraction of sp³-hybridized carbons (Fsp3) is 0.554. The predicted molar refractivity (Wildman–Crippen MR) is 277 cm³/mol. The Kier molecular flexibility index (Phi) is 31.9. The van der Waals surface area contributed by atoms with Gasteiger partial charge >= 0.3 is 0 Å². The van der Waals surface area contributed by atoms with Crippen molar-refractivity contribution in [2.75, 3.05) is 66.6 Å². The van der Waals surface area contributed by atoms with Crippen molar-refractivity contribution in [1.29, 1.82) is 0 Å². The quantitative estimate of drug-likeness (QED) is 0.0391. The van der Waals surface area contributed by atoms with Gasteiger partial charge in [0, 0.05) is 44.7 Å². The van der Waals surface area contributed by atoms with Crippen LogP contribution in [0.1, 0.15) is 123 Å². The van der Waals surface area contributed by atoms with E-state index in [2.05, 4.69) is 0 Å². The molecule has 6 unspecified atom stereocenters. The number of benzene rings is 4. The highest BCUT2D eigenvalue weighted by Crippen LogP contribution is 2.36. The minimum absolute atomic E-state index is 0.111. The van der Waals surface area contributed by atoms with Gasteiger partial charge in [-0.3, -0.25) is 4.79 Å². The third-order valence-corrected chi connectivity index (χ3v) is 9.58. The second-order valence-electron chi connectivity index (χ2n) is 15.6. The molecule has 16 nitrogen and oxygen atoms in total. The van der Waals surface area contributed by atoms with E-state index in [0.29, 0.717) is 100 Å². The Labute approximate surface area is 429 Å². The van der Waals surface area contributed by atoms with E-state index in [1.165, 1.54) is 0 Å². The first-order chi connectivity index (χ1) is 34.7. The molecule has 6 atom stereocenters. The molecule has 1 fully saturated rings. The van der Waals surface area contributed by atoms with Gasteiger partial charge in [0.25, 0.3) is 0 Å². The van der Waals surface area contributed by atoms with Gasteiger partial charge < -0.3 is 71.1 Å². The summed E-state index contributed by atoms with van der Waals surface area (Å²) in [6, 6.07) is 22.4. The molecule has 16 heteroatoms. The van der Waals surface area contributed by atoms with Gasteiger partial charge in [-0.05, 0) is 163 Å². The average molecular weight is 1010 g/mol. The third kappa shape index (κ3) is 23.9. The molecule has 72 heavy (non-hydrogen) atoms. The summed E-state index contributed by atoms with van der Waals surface area (Å²) in [5.41, 5.74) is 3.70. The lowest BCUT2D eigenvalue weighted by molar-refractivity contribution is -0.0636. The number of hydrogen-bond donors (Lipinski definition) is 0. The first-order valence-corrected chi connectivity index (χ1v) is 25.1. The molecule has 1 heterocycles. The number of rotatable bonds is 28. The van der Waals surface area contributed by atoms with Gasteiger partial charge in [-0.1, -0.05) is 18.2 Å². The molecule has 1 aliphatic rings. The molecule has 4 aromatic carbocycles. The van der Waals surface area contributed by atoms with Crippen molar-refractivity contribution in [3.05, 3.63) is 95.1 Å². The molecule has 0 saturated carbocycles. The Bertz CT molecular complexity index is 2060. The summed E-state index contributed by atoms with van der Waals surface area (Å²) < 4.78 is 82.6. The van der Waals surface area contributed by atoms with Crippen LogP contribution in [0.3, 0.4) is 0 Å². The number of carbonyl (C=O) groups excluding carboxylic acids is 1. The zero-order valence-corrected chi connectivity index (χ0v) is 45.6. The molecule has 0 radical (unpaired) electrons. The molecule has 5 rings (SSSR count). The largest absolute Gasteiger partial charge is 0.490 e. The van der Waals surface area contributed by atoms with Crippen LogP contribution < -0.4 is 37.9 Å². The molecular formula is C56H84O16. The zero-order chi connectivity index (χ0) is 53.3. The van der Waals surface area contributed by atoms with E-state index >= 15 is 0 Å². The summed E-state index contributed by atoms with van der Waals surface area (Å²) in [4.78, 5) is 10.7. The summed E-state index contributed by atoms with van der Waals surface area (Å²) in [6.45, 7) is 32.8. The van der Waals surface area contributed by atoms with Crippen molar-refractivity contribution in [3.63, 3.8) is 0 Å². The van der Waals surface area contributed by atoms with Crippen LogP contribution in [-0.2, 0) is 39.8 Å². The Hall–Kier alpha value is -5.33. The first kappa shape index (κ1) is 62.8. The Balaban J connectivity index is 0.000000331. The van der Waals surface area contributed by atoms with E-state index in [9.17, 15) is 4.79 Å².